The van der Waals surface area contributed by atoms with Crippen LogP contribution in [0.25, 0.3) is 0 Å². The van der Waals surface area contributed by atoms with E-state index in [0.29, 0.717) is 49.8 Å². The zero-order chi connectivity index (χ0) is 26.5. The van der Waals surface area contributed by atoms with Gasteiger partial charge in [0.25, 0.3) is 5.91 Å². The highest BCUT2D eigenvalue weighted by Gasteiger charge is 2.25. The van der Waals surface area contributed by atoms with Gasteiger partial charge in [0.05, 0.1) is 17.2 Å². The van der Waals surface area contributed by atoms with Gasteiger partial charge in [0.2, 0.25) is 0 Å². The second kappa shape index (κ2) is 11.8. The van der Waals surface area contributed by atoms with Crippen molar-refractivity contribution >= 4 is 57.3 Å². The van der Waals surface area contributed by atoms with Crippen LogP contribution in [-0.2, 0) is 19.4 Å². The van der Waals surface area contributed by atoms with Gasteiger partial charge in [-0.1, -0.05) is 35.3 Å². The third kappa shape index (κ3) is 6.08. The van der Waals surface area contributed by atoms with Gasteiger partial charge in [-0.15, -0.1) is 11.3 Å². The number of thiophene rings is 1. The number of hydrogen-bond donors (Lipinski definition) is 1. The summed E-state index contributed by atoms with van der Waals surface area (Å²) < 4.78 is 6.07. The number of halogens is 2. The maximum absolute atomic E-state index is 13.4. The van der Waals surface area contributed by atoms with Crippen molar-refractivity contribution in [2.24, 2.45) is 4.99 Å². The van der Waals surface area contributed by atoms with E-state index >= 15 is 0 Å². The molecular weight excluding hydrogens is 537 g/mol. The third-order valence-corrected chi connectivity index (χ3v) is 7.94. The van der Waals surface area contributed by atoms with Crippen molar-refractivity contribution < 1.29 is 9.53 Å². The Balaban J connectivity index is 1.42. The van der Waals surface area contributed by atoms with Crippen molar-refractivity contribution in [1.82, 2.24) is 0 Å². The number of carbonyl (C=O) groups is 1. The lowest BCUT2D eigenvalue weighted by Gasteiger charge is -2.13. The number of benzene rings is 3. The number of carbonyl (C=O) groups excluding carboxylic acids is 1. The van der Waals surface area contributed by atoms with Crippen LogP contribution >= 0.6 is 34.5 Å². The number of amides is 1. The Hall–Kier alpha value is -3.63. The molecule has 1 N–H and O–H groups in total. The summed E-state index contributed by atoms with van der Waals surface area (Å²) in [5.74, 6) is 0.443. The average Bonchev–Trinajstić information content (AvgIpc) is 3.31. The number of nitrogens with zero attached hydrogens (tertiary/aromatic N) is 2. The molecular formula is C30H23Cl2N3O2S. The van der Waals surface area contributed by atoms with Gasteiger partial charge in [-0.05, 0) is 91.4 Å². The van der Waals surface area contributed by atoms with Gasteiger partial charge in [-0.25, -0.2) is 4.99 Å². The molecule has 0 bridgehead atoms. The van der Waals surface area contributed by atoms with Crippen molar-refractivity contribution in [2.45, 2.75) is 32.3 Å². The van der Waals surface area contributed by atoms with Crippen molar-refractivity contribution in [2.75, 3.05) is 5.32 Å². The number of rotatable bonds is 7. The van der Waals surface area contributed by atoms with Gasteiger partial charge in [0.15, 0.2) is 0 Å². The van der Waals surface area contributed by atoms with E-state index < -0.39 is 0 Å². The second-order valence-electron chi connectivity index (χ2n) is 8.89. The summed E-state index contributed by atoms with van der Waals surface area (Å²) in [4.78, 5) is 19.4. The lowest BCUT2D eigenvalue weighted by Crippen LogP contribution is -2.14. The number of ether oxygens (including phenoxy) is 1. The average molecular weight is 561 g/mol. The molecule has 0 spiro atoms. The molecule has 5 nitrogen and oxygen atoms in total. The fourth-order valence-electron chi connectivity index (χ4n) is 4.32. The molecule has 5 rings (SSSR count). The monoisotopic (exact) mass is 559 g/mol. The highest BCUT2D eigenvalue weighted by Crippen LogP contribution is 2.40. The Morgan fingerprint density at radius 2 is 1.76 bits per heavy atom. The summed E-state index contributed by atoms with van der Waals surface area (Å²) in [5.41, 5.74) is 4.64. The SMILES string of the molecule is N#Cc1ccc(COc2ccc(Cl)cc2C=Nc2sc3c(c2C(=O)Nc2ccc(Cl)cc2)CCCC3)cc1. The molecule has 1 aliphatic carbocycles. The number of nitriles is 1. The van der Waals surface area contributed by atoms with Crippen LogP contribution in [0.2, 0.25) is 10.0 Å². The van der Waals surface area contributed by atoms with E-state index in [1.807, 2.05) is 12.1 Å². The minimum Gasteiger partial charge on any atom is -0.488 e. The van der Waals surface area contributed by atoms with Crippen LogP contribution in [-0.4, -0.2) is 12.1 Å². The van der Waals surface area contributed by atoms with Gasteiger partial charge < -0.3 is 10.1 Å². The summed E-state index contributed by atoms with van der Waals surface area (Å²) in [5, 5.41) is 13.8. The summed E-state index contributed by atoms with van der Waals surface area (Å²) in [6.45, 7) is 0.330. The summed E-state index contributed by atoms with van der Waals surface area (Å²) in [7, 11) is 0. The van der Waals surface area contributed by atoms with Crippen LogP contribution in [0.1, 0.15) is 50.3 Å². The predicted octanol–water partition coefficient (Wildman–Crippen LogP) is 8.39. The maximum atomic E-state index is 13.4. The number of anilines is 1. The maximum Gasteiger partial charge on any atom is 0.259 e. The van der Waals surface area contributed by atoms with Crippen LogP contribution in [0.4, 0.5) is 10.7 Å². The third-order valence-electron chi connectivity index (χ3n) is 6.25. The molecule has 0 unspecified atom stereocenters. The Bertz CT molecular complexity index is 1540. The molecule has 1 aliphatic rings. The molecule has 190 valence electrons. The van der Waals surface area contributed by atoms with Crippen LogP contribution in [0.3, 0.4) is 0 Å². The van der Waals surface area contributed by atoms with Crippen molar-refractivity contribution in [1.29, 1.82) is 5.26 Å². The molecule has 0 aliphatic heterocycles. The van der Waals surface area contributed by atoms with Gasteiger partial charge in [-0.3, -0.25) is 4.79 Å². The first-order valence-corrected chi connectivity index (χ1v) is 13.7. The number of nitrogens with one attached hydrogen (secondary N) is 1. The quantitative estimate of drug-likeness (QED) is 0.231. The molecule has 0 radical (unpaired) electrons. The normalized spacial score (nSPS) is 12.7. The van der Waals surface area contributed by atoms with E-state index in [-0.39, 0.29) is 5.91 Å². The topological polar surface area (TPSA) is 74.5 Å². The highest BCUT2D eigenvalue weighted by atomic mass is 35.5. The van der Waals surface area contributed by atoms with Crippen LogP contribution < -0.4 is 10.1 Å². The summed E-state index contributed by atoms with van der Waals surface area (Å²) >= 11 is 13.9. The van der Waals surface area contributed by atoms with Gasteiger partial charge >= 0.3 is 0 Å². The molecule has 3 aromatic carbocycles. The van der Waals surface area contributed by atoms with E-state index in [1.165, 1.54) is 4.88 Å². The van der Waals surface area contributed by atoms with Crippen molar-refractivity contribution in [3.8, 4) is 11.8 Å². The minimum atomic E-state index is -0.178. The van der Waals surface area contributed by atoms with Crippen LogP contribution in [0.15, 0.2) is 71.7 Å². The molecule has 0 atom stereocenters. The Kier molecular flexibility index (Phi) is 8.09. The number of hydrogen-bond acceptors (Lipinski definition) is 5. The Labute approximate surface area is 235 Å². The summed E-state index contributed by atoms with van der Waals surface area (Å²) in [6.07, 6.45) is 5.68. The first-order valence-electron chi connectivity index (χ1n) is 12.2. The second-order valence-corrected chi connectivity index (χ2v) is 10.8. The molecule has 8 heteroatoms. The van der Waals surface area contributed by atoms with Crippen molar-refractivity contribution in [3.05, 3.63) is 109 Å². The molecule has 1 amide bonds. The van der Waals surface area contributed by atoms with Gasteiger partial charge in [-0.2, -0.15) is 5.26 Å². The van der Waals surface area contributed by atoms with Gasteiger partial charge in [0, 0.05) is 32.4 Å². The molecule has 0 saturated heterocycles. The standard InChI is InChI=1S/C30H23Cl2N3O2S/c31-22-9-12-24(13-10-22)35-29(36)28-25-3-1-2-4-27(25)38-30(28)34-17-21-15-23(32)11-14-26(21)37-18-20-7-5-19(16-33)6-8-20/h5-15,17H,1-4,18H2,(H,35,36). The number of aliphatic imine (C=N–C) groups is 1. The van der Waals surface area contributed by atoms with Crippen LogP contribution in [0.5, 0.6) is 5.75 Å². The molecule has 1 aromatic heterocycles. The van der Waals surface area contributed by atoms with E-state index in [0.717, 1.165) is 36.8 Å². The highest BCUT2D eigenvalue weighted by molar-refractivity contribution is 7.16. The predicted molar refractivity (Wildman–Crippen MR) is 155 cm³/mol. The first kappa shape index (κ1) is 26.0. The molecule has 1 heterocycles. The molecule has 4 aromatic rings. The van der Waals surface area contributed by atoms with E-state index in [2.05, 4.69) is 11.4 Å². The number of aryl methyl sites for hydroxylation is 1. The number of fused-ring (bicyclic) bond motifs is 1. The van der Waals surface area contributed by atoms with Crippen molar-refractivity contribution in [3.63, 3.8) is 0 Å². The Morgan fingerprint density at radius 1 is 1.03 bits per heavy atom. The lowest BCUT2D eigenvalue weighted by molar-refractivity contribution is 0.102. The lowest BCUT2D eigenvalue weighted by atomic mass is 9.95. The summed E-state index contributed by atoms with van der Waals surface area (Å²) in [6, 6.07) is 21.8. The molecule has 0 saturated carbocycles. The molecule has 38 heavy (non-hydrogen) atoms. The van der Waals surface area contributed by atoms with E-state index in [9.17, 15) is 4.79 Å². The first-order chi connectivity index (χ1) is 18.5. The fourth-order valence-corrected chi connectivity index (χ4v) is 5.86. The fraction of sp³-hybridized carbons (Fsp3) is 0.167. The minimum absolute atomic E-state index is 0.178. The van der Waals surface area contributed by atoms with E-state index in [4.69, 9.17) is 38.2 Å². The molecule has 0 fully saturated rings. The largest absolute Gasteiger partial charge is 0.488 e. The van der Waals surface area contributed by atoms with Gasteiger partial charge in [0.1, 0.15) is 17.4 Å². The zero-order valence-electron chi connectivity index (χ0n) is 20.3. The van der Waals surface area contributed by atoms with Crippen LogP contribution in [0, 0.1) is 11.3 Å². The zero-order valence-corrected chi connectivity index (χ0v) is 22.7. The smallest absolute Gasteiger partial charge is 0.259 e. The van der Waals surface area contributed by atoms with E-state index in [1.54, 1.807) is 72.1 Å². The Morgan fingerprint density at radius 3 is 2.53 bits per heavy atom.